The Morgan fingerprint density at radius 3 is 2.61 bits per heavy atom. The lowest BCUT2D eigenvalue weighted by Crippen LogP contribution is -2.36. The van der Waals surface area contributed by atoms with E-state index in [4.69, 9.17) is 5.11 Å². The van der Waals surface area contributed by atoms with Gasteiger partial charge in [-0.25, -0.2) is 4.39 Å². The number of aliphatic carboxylic acids is 1. The fraction of sp³-hybridized carbons (Fsp3) is 0.333. The average Bonchev–Trinajstić information content (AvgIpc) is 3.08. The molecule has 1 amide bonds. The van der Waals surface area contributed by atoms with Crippen LogP contribution in [-0.2, 0) is 16.1 Å². The van der Waals surface area contributed by atoms with Crippen LogP contribution in [0.25, 0.3) is 0 Å². The van der Waals surface area contributed by atoms with Crippen molar-refractivity contribution in [2.24, 2.45) is 5.41 Å². The molecule has 1 aromatic carbocycles. The van der Waals surface area contributed by atoms with E-state index in [0.717, 1.165) is 0 Å². The van der Waals surface area contributed by atoms with Crippen LogP contribution in [0, 0.1) is 11.2 Å². The number of amides is 1. The van der Waals surface area contributed by atoms with Crippen LogP contribution in [-0.4, -0.2) is 17.0 Å². The summed E-state index contributed by atoms with van der Waals surface area (Å²) >= 11 is 3.18. The van der Waals surface area contributed by atoms with Crippen LogP contribution < -0.4 is 5.32 Å². The first-order chi connectivity index (χ1) is 8.45. The van der Waals surface area contributed by atoms with Gasteiger partial charge in [0.15, 0.2) is 0 Å². The molecule has 4 nitrogen and oxygen atoms in total. The Kier molecular flexibility index (Phi) is 3.38. The predicted octanol–water partition coefficient (Wildman–Crippen LogP) is 2.07. The van der Waals surface area contributed by atoms with Crippen molar-refractivity contribution < 1.29 is 19.1 Å². The number of halogens is 2. The largest absolute Gasteiger partial charge is 0.480 e. The number of nitrogens with one attached hydrogen (secondary N) is 1. The Morgan fingerprint density at radius 1 is 1.44 bits per heavy atom. The number of rotatable bonds is 4. The molecule has 1 fully saturated rings. The van der Waals surface area contributed by atoms with Gasteiger partial charge in [0, 0.05) is 11.0 Å². The van der Waals surface area contributed by atoms with E-state index >= 15 is 0 Å². The molecular formula is C12H11BrFNO3. The summed E-state index contributed by atoms with van der Waals surface area (Å²) in [5.41, 5.74) is -0.544. The molecule has 1 aromatic rings. The first-order valence-corrected chi connectivity index (χ1v) is 6.21. The van der Waals surface area contributed by atoms with Gasteiger partial charge in [-0.15, -0.1) is 0 Å². The molecule has 0 saturated heterocycles. The van der Waals surface area contributed by atoms with E-state index in [-0.39, 0.29) is 12.4 Å². The summed E-state index contributed by atoms with van der Waals surface area (Å²) in [6.07, 6.45) is 0.748. The maximum atomic E-state index is 12.9. The molecule has 0 spiro atoms. The van der Waals surface area contributed by atoms with E-state index in [1.54, 1.807) is 6.07 Å². The van der Waals surface area contributed by atoms with Crippen molar-refractivity contribution in [3.05, 3.63) is 34.1 Å². The number of carboxylic acids is 1. The molecule has 96 valence electrons. The zero-order chi connectivity index (χ0) is 13.3. The zero-order valence-electron chi connectivity index (χ0n) is 9.37. The summed E-state index contributed by atoms with van der Waals surface area (Å²) in [6.45, 7) is 0.175. The van der Waals surface area contributed by atoms with Crippen molar-refractivity contribution in [3.63, 3.8) is 0 Å². The van der Waals surface area contributed by atoms with Crippen LogP contribution in [0.4, 0.5) is 4.39 Å². The molecule has 1 aliphatic rings. The molecule has 0 unspecified atom stereocenters. The van der Waals surface area contributed by atoms with Crippen LogP contribution in [0.3, 0.4) is 0 Å². The number of carbonyl (C=O) groups is 2. The topological polar surface area (TPSA) is 66.4 Å². The summed E-state index contributed by atoms with van der Waals surface area (Å²) in [6, 6.07) is 4.13. The Hall–Kier alpha value is -1.43. The highest BCUT2D eigenvalue weighted by atomic mass is 79.9. The Morgan fingerprint density at radius 2 is 2.11 bits per heavy atom. The number of benzene rings is 1. The quantitative estimate of drug-likeness (QED) is 0.836. The van der Waals surface area contributed by atoms with Crippen LogP contribution in [0.2, 0.25) is 0 Å². The van der Waals surface area contributed by atoms with Crippen molar-refractivity contribution in [2.45, 2.75) is 19.4 Å². The molecule has 18 heavy (non-hydrogen) atoms. The fourth-order valence-corrected chi connectivity index (χ4v) is 2.16. The molecule has 0 bridgehead atoms. The molecule has 0 atom stereocenters. The SMILES string of the molecule is O=C(O)C1(C(=O)NCc2ccc(F)cc2Br)CC1. The molecule has 0 aromatic heterocycles. The smallest absolute Gasteiger partial charge is 0.319 e. The van der Waals surface area contributed by atoms with Gasteiger partial charge in [0.1, 0.15) is 11.2 Å². The van der Waals surface area contributed by atoms with Gasteiger partial charge in [-0.05, 0) is 30.5 Å². The molecule has 0 aliphatic heterocycles. The van der Waals surface area contributed by atoms with Crippen molar-refractivity contribution in [1.82, 2.24) is 5.32 Å². The third-order valence-electron chi connectivity index (χ3n) is 3.05. The minimum atomic E-state index is -1.24. The van der Waals surface area contributed by atoms with E-state index in [9.17, 15) is 14.0 Å². The zero-order valence-corrected chi connectivity index (χ0v) is 11.0. The summed E-state index contributed by atoms with van der Waals surface area (Å²) in [7, 11) is 0. The number of carboxylic acid groups (broad SMARTS) is 1. The second-order valence-corrected chi connectivity index (χ2v) is 5.16. The second kappa shape index (κ2) is 4.68. The average molecular weight is 316 g/mol. The minimum Gasteiger partial charge on any atom is -0.480 e. The molecule has 6 heteroatoms. The maximum absolute atomic E-state index is 12.9. The second-order valence-electron chi connectivity index (χ2n) is 4.31. The van der Waals surface area contributed by atoms with E-state index < -0.39 is 17.3 Å². The van der Waals surface area contributed by atoms with Crippen molar-refractivity contribution in [3.8, 4) is 0 Å². The van der Waals surface area contributed by atoms with Gasteiger partial charge in [0.2, 0.25) is 5.91 Å². The standard InChI is InChI=1S/C12H11BrFNO3/c13-9-5-8(14)2-1-7(9)6-15-10(16)12(3-4-12)11(17)18/h1-2,5H,3-4,6H2,(H,15,16)(H,17,18). The normalized spacial score (nSPS) is 16.1. The highest BCUT2D eigenvalue weighted by molar-refractivity contribution is 9.10. The van der Waals surface area contributed by atoms with E-state index in [0.29, 0.717) is 22.9 Å². The first-order valence-electron chi connectivity index (χ1n) is 5.41. The molecule has 1 saturated carbocycles. The van der Waals surface area contributed by atoms with Gasteiger partial charge in [0.05, 0.1) is 0 Å². The highest BCUT2D eigenvalue weighted by Crippen LogP contribution is 2.46. The van der Waals surface area contributed by atoms with Crippen LogP contribution in [0.15, 0.2) is 22.7 Å². The van der Waals surface area contributed by atoms with Crippen molar-refractivity contribution >= 4 is 27.8 Å². The number of carbonyl (C=O) groups excluding carboxylic acids is 1. The molecule has 0 radical (unpaired) electrons. The summed E-state index contributed by atoms with van der Waals surface area (Å²) in [4.78, 5) is 22.7. The van der Waals surface area contributed by atoms with Gasteiger partial charge in [-0.3, -0.25) is 9.59 Å². The van der Waals surface area contributed by atoms with Crippen LogP contribution in [0.1, 0.15) is 18.4 Å². The molecule has 0 heterocycles. The van der Waals surface area contributed by atoms with Crippen molar-refractivity contribution in [1.29, 1.82) is 0 Å². The molecule has 2 rings (SSSR count). The Balaban J connectivity index is 2.00. The summed E-state index contributed by atoms with van der Waals surface area (Å²) < 4.78 is 13.4. The molecule has 2 N–H and O–H groups in total. The van der Waals surface area contributed by atoms with Gasteiger partial charge in [-0.2, -0.15) is 0 Å². The fourth-order valence-electron chi connectivity index (χ4n) is 1.67. The van der Waals surface area contributed by atoms with Gasteiger partial charge >= 0.3 is 5.97 Å². The Bertz CT molecular complexity index is 514. The number of hydrogen-bond acceptors (Lipinski definition) is 2. The molecule has 1 aliphatic carbocycles. The lowest BCUT2D eigenvalue weighted by Gasteiger charge is -2.11. The number of hydrogen-bond donors (Lipinski definition) is 2. The highest BCUT2D eigenvalue weighted by Gasteiger charge is 2.56. The maximum Gasteiger partial charge on any atom is 0.319 e. The minimum absolute atomic E-state index is 0.175. The predicted molar refractivity (Wildman–Crippen MR) is 65.2 cm³/mol. The summed E-state index contributed by atoms with van der Waals surface area (Å²) in [5.74, 6) is -1.94. The third kappa shape index (κ3) is 2.38. The van der Waals surface area contributed by atoms with E-state index in [1.807, 2.05) is 0 Å². The monoisotopic (exact) mass is 315 g/mol. The van der Waals surface area contributed by atoms with Gasteiger partial charge in [-0.1, -0.05) is 22.0 Å². The van der Waals surface area contributed by atoms with Gasteiger partial charge < -0.3 is 10.4 Å². The summed E-state index contributed by atoms with van der Waals surface area (Å²) in [5, 5.41) is 11.5. The van der Waals surface area contributed by atoms with E-state index in [1.165, 1.54) is 12.1 Å². The Labute approximate surface area is 111 Å². The molecular weight excluding hydrogens is 305 g/mol. The van der Waals surface area contributed by atoms with Crippen LogP contribution >= 0.6 is 15.9 Å². The lowest BCUT2D eigenvalue weighted by molar-refractivity contribution is -0.149. The van der Waals surface area contributed by atoms with Gasteiger partial charge in [0.25, 0.3) is 0 Å². The van der Waals surface area contributed by atoms with E-state index in [2.05, 4.69) is 21.2 Å². The van der Waals surface area contributed by atoms with Crippen LogP contribution in [0.5, 0.6) is 0 Å². The first kappa shape index (κ1) is 13.0. The van der Waals surface area contributed by atoms with Crippen molar-refractivity contribution in [2.75, 3.05) is 0 Å². The lowest BCUT2D eigenvalue weighted by atomic mass is 10.1. The third-order valence-corrected chi connectivity index (χ3v) is 3.79.